The molecule has 0 radical (unpaired) electrons. The monoisotopic (exact) mass is 463 g/mol. The van der Waals surface area contributed by atoms with E-state index in [1.165, 1.54) is 4.31 Å². The fourth-order valence-corrected chi connectivity index (χ4v) is 4.97. The standard InChI is InChI=1S/C26H29N3O3S/c1-21-12-6-9-17-25(21)32-19-11-10-18-29-24-16-8-7-15-23(24)27-26(29)20-28(2)33(30,31)22-13-4-3-5-14-22/h3-9,12-17H,10-11,18-20H2,1-2H3. The lowest BCUT2D eigenvalue weighted by Crippen LogP contribution is -2.28. The summed E-state index contributed by atoms with van der Waals surface area (Å²) in [6.45, 7) is 3.62. The highest BCUT2D eigenvalue weighted by atomic mass is 32.2. The average molecular weight is 464 g/mol. The second-order valence-electron chi connectivity index (χ2n) is 8.06. The van der Waals surface area contributed by atoms with Crippen LogP contribution < -0.4 is 4.74 Å². The summed E-state index contributed by atoms with van der Waals surface area (Å²) in [5.41, 5.74) is 3.01. The highest BCUT2D eigenvalue weighted by Gasteiger charge is 2.23. The number of para-hydroxylation sites is 3. The molecule has 6 nitrogen and oxygen atoms in total. The lowest BCUT2D eigenvalue weighted by Gasteiger charge is -2.18. The molecule has 0 saturated heterocycles. The first-order chi connectivity index (χ1) is 16.0. The van der Waals surface area contributed by atoms with Crippen molar-refractivity contribution in [3.63, 3.8) is 0 Å². The van der Waals surface area contributed by atoms with Crippen LogP contribution in [0.4, 0.5) is 0 Å². The van der Waals surface area contributed by atoms with E-state index in [4.69, 9.17) is 9.72 Å². The Morgan fingerprint density at radius 3 is 2.39 bits per heavy atom. The van der Waals surface area contributed by atoms with Gasteiger partial charge in [0.05, 0.1) is 29.1 Å². The summed E-state index contributed by atoms with van der Waals surface area (Å²) in [6.07, 6.45) is 1.78. The second kappa shape index (κ2) is 10.2. The predicted molar refractivity (Wildman–Crippen MR) is 131 cm³/mol. The van der Waals surface area contributed by atoms with Gasteiger partial charge < -0.3 is 9.30 Å². The minimum atomic E-state index is -3.60. The molecule has 0 unspecified atom stereocenters. The van der Waals surface area contributed by atoms with Crippen molar-refractivity contribution in [3.8, 4) is 5.75 Å². The van der Waals surface area contributed by atoms with Gasteiger partial charge in [0.25, 0.3) is 0 Å². The van der Waals surface area contributed by atoms with Crippen LogP contribution in [-0.2, 0) is 23.1 Å². The zero-order chi connectivity index (χ0) is 23.3. The van der Waals surface area contributed by atoms with Crippen molar-refractivity contribution in [1.82, 2.24) is 13.9 Å². The fourth-order valence-electron chi connectivity index (χ4n) is 3.82. The zero-order valence-corrected chi connectivity index (χ0v) is 19.8. The SMILES string of the molecule is Cc1ccccc1OCCCCn1c(CN(C)S(=O)(=O)c2ccccc2)nc2ccccc21. The number of rotatable bonds is 10. The Hall–Kier alpha value is -3.16. The molecule has 0 bridgehead atoms. The quantitative estimate of drug-likeness (QED) is 0.310. The van der Waals surface area contributed by atoms with E-state index in [2.05, 4.69) is 4.57 Å². The van der Waals surface area contributed by atoms with Gasteiger partial charge in [-0.1, -0.05) is 48.5 Å². The molecule has 33 heavy (non-hydrogen) atoms. The Bertz CT molecular complexity index is 1320. The number of aryl methyl sites for hydroxylation is 2. The number of aromatic nitrogens is 2. The van der Waals surface area contributed by atoms with E-state index in [9.17, 15) is 8.42 Å². The molecule has 0 spiro atoms. The third-order valence-electron chi connectivity index (χ3n) is 5.68. The molecule has 0 aliphatic heterocycles. The summed E-state index contributed by atoms with van der Waals surface area (Å²) in [5, 5.41) is 0. The molecular formula is C26H29N3O3S. The van der Waals surface area contributed by atoms with Crippen LogP contribution in [0.5, 0.6) is 5.75 Å². The van der Waals surface area contributed by atoms with Gasteiger partial charge in [-0.3, -0.25) is 0 Å². The minimum absolute atomic E-state index is 0.200. The summed E-state index contributed by atoms with van der Waals surface area (Å²) in [6, 6.07) is 24.4. The molecule has 1 aromatic heterocycles. The van der Waals surface area contributed by atoms with Crippen LogP contribution in [-0.4, -0.2) is 35.9 Å². The summed E-state index contributed by atoms with van der Waals surface area (Å²) in [7, 11) is -2.00. The van der Waals surface area contributed by atoms with Crippen LogP contribution in [0, 0.1) is 6.92 Å². The molecule has 0 aliphatic carbocycles. The molecule has 0 fully saturated rings. The van der Waals surface area contributed by atoms with Crippen molar-refractivity contribution < 1.29 is 13.2 Å². The van der Waals surface area contributed by atoms with E-state index in [1.54, 1.807) is 37.4 Å². The largest absolute Gasteiger partial charge is 0.493 e. The van der Waals surface area contributed by atoms with Crippen molar-refractivity contribution in [2.75, 3.05) is 13.7 Å². The number of fused-ring (bicyclic) bond motifs is 1. The van der Waals surface area contributed by atoms with Crippen LogP contribution in [0.1, 0.15) is 24.2 Å². The van der Waals surface area contributed by atoms with Gasteiger partial charge in [-0.25, -0.2) is 13.4 Å². The van der Waals surface area contributed by atoms with E-state index in [0.717, 1.165) is 47.6 Å². The maximum atomic E-state index is 13.0. The minimum Gasteiger partial charge on any atom is -0.493 e. The Kier molecular flexibility index (Phi) is 7.11. The lowest BCUT2D eigenvalue weighted by molar-refractivity contribution is 0.301. The number of benzene rings is 3. The molecule has 0 N–H and O–H groups in total. The van der Waals surface area contributed by atoms with Gasteiger partial charge in [0.2, 0.25) is 10.0 Å². The van der Waals surface area contributed by atoms with E-state index in [-0.39, 0.29) is 11.4 Å². The Morgan fingerprint density at radius 1 is 0.909 bits per heavy atom. The van der Waals surface area contributed by atoms with Crippen molar-refractivity contribution in [3.05, 3.63) is 90.3 Å². The zero-order valence-electron chi connectivity index (χ0n) is 19.0. The van der Waals surface area contributed by atoms with Gasteiger partial charge in [0.15, 0.2) is 0 Å². The van der Waals surface area contributed by atoms with Crippen molar-refractivity contribution in [1.29, 1.82) is 0 Å². The number of sulfonamides is 1. The van der Waals surface area contributed by atoms with E-state index in [1.807, 2.05) is 55.5 Å². The molecule has 4 rings (SSSR count). The van der Waals surface area contributed by atoms with Crippen LogP contribution in [0.3, 0.4) is 0 Å². The molecule has 0 amide bonds. The summed E-state index contributed by atoms with van der Waals surface area (Å²) >= 11 is 0. The molecule has 7 heteroatoms. The van der Waals surface area contributed by atoms with Gasteiger partial charge >= 0.3 is 0 Å². The summed E-state index contributed by atoms with van der Waals surface area (Å²) in [5.74, 6) is 1.65. The van der Waals surface area contributed by atoms with Crippen LogP contribution in [0.2, 0.25) is 0 Å². The van der Waals surface area contributed by atoms with E-state index < -0.39 is 10.0 Å². The van der Waals surface area contributed by atoms with Crippen LogP contribution in [0.15, 0.2) is 83.8 Å². The fraction of sp³-hybridized carbons (Fsp3) is 0.269. The van der Waals surface area contributed by atoms with Crippen molar-refractivity contribution in [2.45, 2.75) is 37.8 Å². The normalized spacial score (nSPS) is 11.8. The number of hydrogen-bond acceptors (Lipinski definition) is 4. The third kappa shape index (κ3) is 5.26. The second-order valence-corrected chi connectivity index (χ2v) is 10.1. The summed E-state index contributed by atoms with van der Waals surface area (Å²) < 4.78 is 35.4. The highest BCUT2D eigenvalue weighted by Crippen LogP contribution is 2.21. The van der Waals surface area contributed by atoms with Gasteiger partial charge in [0, 0.05) is 13.6 Å². The predicted octanol–water partition coefficient (Wildman–Crippen LogP) is 5.02. The van der Waals surface area contributed by atoms with Gasteiger partial charge in [0.1, 0.15) is 11.6 Å². The molecule has 0 atom stereocenters. The number of imidazole rings is 1. The maximum Gasteiger partial charge on any atom is 0.243 e. The van der Waals surface area contributed by atoms with E-state index in [0.29, 0.717) is 6.61 Å². The topological polar surface area (TPSA) is 64.4 Å². The van der Waals surface area contributed by atoms with Crippen LogP contribution >= 0.6 is 0 Å². The summed E-state index contributed by atoms with van der Waals surface area (Å²) in [4.78, 5) is 5.02. The Labute approximate surface area is 195 Å². The Balaban J connectivity index is 1.46. The third-order valence-corrected chi connectivity index (χ3v) is 7.49. The molecular weight excluding hydrogens is 434 g/mol. The van der Waals surface area contributed by atoms with Gasteiger partial charge in [-0.15, -0.1) is 0 Å². The van der Waals surface area contributed by atoms with E-state index >= 15 is 0 Å². The molecule has 0 saturated carbocycles. The first kappa shape index (κ1) is 23.0. The molecule has 4 aromatic rings. The van der Waals surface area contributed by atoms with Gasteiger partial charge in [-0.2, -0.15) is 4.31 Å². The maximum absolute atomic E-state index is 13.0. The first-order valence-electron chi connectivity index (χ1n) is 11.1. The number of ether oxygens (including phenoxy) is 1. The first-order valence-corrected chi connectivity index (χ1v) is 12.5. The number of nitrogens with zero attached hydrogens (tertiary/aromatic N) is 3. The van der Waals surface area contributed by atoms with Crippen LogP contribution in [0.25, 0.3) is 11.0 Å². The average Bonchev–Trinajstić information content (AvgIpc) is 3.17. The molecule has 1 heterocycles. The van der Waals surface area contributed by atoms with Crippen molar-refractivity contribution in [2.24, 2.45) is 0 Å². The highest BCUT2D eigenvalue weighted by molar-refractivity contribution is 7.89. The molecule has 172 valence electrons. The Morgan fingerprint density at radius 2 is 1.61 bits per heavy atom. The number of unbranched alkanes of at least 4 members (excludes halogenated alkanes) is 1. The molecule has 0 aliphatic rings. The van der Waals surface area contributed by atoms with Gasteiger partial charge in [-0.05, 0) is 55.7 Å². The lowest BCUT2D eigenvalue weighted by atomic mass is 10.2. The number of hydrogen-bond donors (Lipinski definition) is 0. The van der Waals surface area contributed by atoms with Crippen molar-refractivity contribution >= 4 is 21.1 Å². The molecule has 3 aromatic carbocycles. The smallest absolute Gasteiger partial charge is 0.243 e.